The Kier molecular flexibility index (Phi) is 4.65. The molecular formula is C6H10F3NO2. The molecule has 0 spiro atoms. The Balaban J connectivity index is 3.17. The number of carbonyl (C=O) groups is 1. The van der Waals surface area contributed by atoms with Gasteiger partial charge in [-0.1, -0.05) is 0 Å². The first kappa shape index (κ1) is 11.2. The first-order chi connectivity index (χ1) is 5.42. The smallest absolute Gasteiger partial charge is 0.401 e. The van der Waals surface area contributed by atoms with Gasteiger partial charge in [0.25, 0.3) is 0 Å². The molecule has 0 aliphatic carbocycles. The van der Waals surface area contributed by atoms with Gasteiger partial charge in [-0.15, -0.1) is 0 Å². The van der Waals surface area contributed by atoms with Gasteiger partial charge in [-0.05, 0) is 0 Å². The van der Waals surface area contributed by atoms with Gasteiger partial charge in [0.15, 0.2) is 0 Å². The minimum absolute atomic E-state index is 0.0130. The fourth-order valence-electron chi connectivity index (χ4n) is 0.497. The molecule has 0 aliphatic rings. The summed E-state index contributed by atoms with van der Waals surface area (Å²) in [5.74, 6) is -0.496. The number of alkyl halides is 3. The third-order valence-corrected chi connectivity index (χ3v) is 0.910. The van der Waals surface area contributed by atoms with Gasteiger partial charge in [0.1, 0.15) is 6.61 Å². The SMILES string of the molecule is CC(=O)OCCNCC(F)(F)F. The first-order valence-corrected chi connectivity index (χ1v) is 3.32. The average molecular weight is 185 g/mol. The molecule has 72 valence electrons. The summed E-state index contributed by atoms with van der Waals surface area (Å²) in [4.78, 5) is 10.1. The molecule has 0 aromatic heterocycles. The van der Waals surface area contributed by atoms with Crippen LogP contribution in [0.3, 0.4) is 0 Å². The third-order valence-electron chi connectivity index (χ3n) is 0.910. The molecule has 0 saturated carbocycles. The lowest BCUT2D eigenvalue weighted by Crippen LogP contribution is -2.31. The van der Waals surface area contributed by atoms with Gasteiger partial charge in [-0.3, -0.25) is 4.79 Å². The van der Waals surface area contributed by atoms with Crippen LogP contribution in [0.1, 0.15) is 6.92 Å². The van der Waals surface area contributed by atoms with Crippen molar-refractivity contribution in [3.63, 3.8) is 0 Å². The minimum atomic E-state index is -4.21. The van der Waals surface area contributed by atoms with Crippen LogP contribution in [-0.4, -0.2) is 31.8 Å². The Hall–Kier alpha value is -0.780. The molecule has 0 radical (unpaired) electrons. The van der Waals surface area contributed by atoms with Crippen LogP contribution in [-0.2, 0) is 9.53 Å². The number of carbonyl (C=O) groups excluding carboxylic acids is 1. The van der Waals surface area contributed by atoms with Gasteiger partial charge in [-0.2, -0.15) is 13.2 Å². The predicted octanol–water partition coefficient (Wildman–Crippen LogP) is 0.701. The molecule has 0 unspecified atom stereocenters. The second kappa shape index (κ2) is 4.97. The van der Waals surface area contributed by atoms with Crippen molar-refractivity contribution in [3.05, 3.63) is 0 Å². The topological polar surface area (TPSA) is 38.3 Å². The van der Waals surface area contributed by atoms with Gasteiger partial charge in [-0.25, -0.2) is 0 Å². The van der Waals surface area contributed by atoms with Crippen LogP contribution < -0.4 is 5.32 Å². The maximum absolute atomic E-state index is 11.5. The van der Waals surface area contributed by atoms with Gasteiger partial charge < -0.3 is 10.1 Å². The number of rotatable bonds is 4. The van der Waals surface area contributed by atoms with Crippen molar-refractivity contribution in [2.45, 2.75) is 13.1 Å². The summed E-state index contributed by atoms with van der Waals surface area (Å²) in [6, 6.07) is 0. The zero-order chi connectivity index (χ0) is 9.61. The van der Waals surface area contributed by atoms with Gasteiger partial charge >= 0.3 is 12.1 Å². The highest BCUT2D eigenvalue weighted by Gasteiger charge is 2.25. The van der Waals surface area contributed by atoms with E-state index in [1.165, 1.54) is 6.92 Å². The van der Waals surface area contributed by atoms with E-state index in [9.17, 15) is 18.0 Å². The molecule has 0 aliphatic heterocycles. The average Bonchev–Trinajstić information content (AvgIpc) is 1.83. The Morgan fingerprint density at radius 1 is 1.50 bits per heavy atom. The molecule has 0 atom stereocenters. The fraction of sp³-hybridized carbons (Fsp3) is 0.833. The Morgan fingerprint density at radius 2 is 2.08 bits per heavy atom. The molecule has 3 nitrogen and oxygen atoms in total. The molecule has 1 N–H and O–H groups in total. The third kappa shape index (κ3) is 9.22. The summed E-state index contributed by atoms with van der Waals surface area (Å²) in [6.45, 7) is 0.114. The van der Waals surface area contributed by atoms with Crippen LogP contribution in [0.2, 0.25) is 0 Å². The predicted molar refractivity (Wildman–Crippen MR) is 35.6 cm³/mol. The summed E-state index contributed by atoms with van der Waals surface area (Å²) in [6.07, 6.45) is -4.21. The van der Waals surface area contributed by atoms with Gasteiger partial charge in [0, 0.05) is 13.5 Å². The summed E-state index contributed by atoms with van der Waals surface area (Å²) in [7, 11) is 0. The lowest BCUT2D eigenvalue weighted by Gasteiger charge is -2.07. The van der Waals surface area contributed by atoms with E-state index >= 15 is 0 Å². The minimum Gasteiger partial charge on any atom is -0.465 e. The van der Waals surface area contributed by atoms with E-state index < -0.39 is 18.7 Å². The molecule has 0 saturated heterocycles. The largest absolute Gasteiger partial charge is 0.465 e. The highest BCUT2D eigenvalue weighted by Crippen LogP contribution is 2.11. The highest BCUT2D eigenvalue weighted by atomic mass is 19.4. The van der Waals surface area contributed by atoms with Crippen LogP contribution in [0.25, 0.3) is 0 Å². The zero-order valence-corrected chi connectivity index (χ0v) is 6.57. The van der Waals surface area contributed by atoms with Crippen molar-refractivity contribution in [3.8, 4) is 0 Å². The van der Waals surface area contributed by atoms with E-state index in [-0.39, 0.29) is 13.2 Å². The van der Waals surface area contributed by atoms with Crippen LogP contribution in [0.4, 0.5) is 13.2 Å². The standard InChI is InChI=1S/C6H10F3NO2/c1-5(11)12-3-2-10-4-6(7,8)9/h10H,2-4H2,1H3. The number of ether oxygens (including phenoxy) is 1. The molecule has 12 heavy (non-hydrogen) atoms. The summed E-state index contributed by atoms with van der Waals surface area (Å²) < 4.78 is 38.8. The molecule has 0 heterocycles. The van der Waals surface area contributed by atoms with Crippen LogP contribution in [0.15, 0.2) is 0 Å². The van der Waals surface area contributed by atoms with Crippen molar-refractivity contribution < 1.29 is 22.7 Å². The highest BCUT2D eigenvalue weighted by molar-refractivity contribution is 5.65. The molecule has 0 rings (SSSR count). The van der Waals surface area contributed by atoms with Crippen LogP contribution >= 0.6 is 0 Å². The van der Waals surface area contributed by atoms with E-state index in [4.69, 9.17) is 0 Å². The second-order valence-corrected chi connectivity index (χ2v) is 2.13. The molecule has 0 amide bonds. The maximum Gasteiger partial charge on any atom is 0.401 e. The van der Waals surface area contributed by atoms with Gasteiger partial charge in [0.05, 0.1) is 6.54 Å². The lowest BCUT2D eigenvalue weighted by molar-refractivity contribution is -0.141. The van der Waals surface area contributed by atoms with Crippen molar-refractivity contribution in [2.24, 2.45) is 0 Å². The second-order valence-electron chi connectivity index (χ2n) is 2.13. The van der Waals surface area contributed by atoms with E-state index in [1.54, 1.807) is 0 Å². The number of hydrogen-bond donors (Lipinski definition) is 1. The quantitative estimate of drug-likeness (QED) is 0.517. The number of nitrogens with one attached hydrogen (secondary N) is 1. The normalized spacial score (nSPS) is 11.3. The number of esters is 1. The number of hydrogen-bond acceptors (Lipinski definition) is 3. The monoisotopic (exact) mass is 185 g/mol. The van der Waals surface area contributed by atoms with Crippen molar-refractivity contribution >= 4 is 5.97 Å². The van der Waals surface area contributed by atoms with E-state index in [2.05, 4.69) is 10.1 Å². The summed E-state index contributed by atoms with van der Waals surface area (Å²) in [5.41, 5.74) is 0. The Bertz CT molecular complexity index is 146. The maximum atomic E-state index is 11.5. The van der Waals surface area contributed by atoms with Crippen LogP contribution in [0.5, 0.6) is 0 Å². The Labute approximate surface area is 67.9 Å². The van der Waals surface area contributed by atoms with Crippen LogP contribution in [0, 0.1) is 0 Å². The molecule has 0 bridgehead atoms. The first-order valence-electron chi connectivity index (χ1n) is 3.32. The van der Waals surface area contributed by atoms with E-state index in [0.717, 1.165) is 0 Å². The fourth-order valence-corrected chi connectivity index (χ4v) is 0.497. The van der Waals surface area contributed by atoms with Crippen molar-refractivity contribution in [1.29, 1.82) is 0 Å². The van der Waals surface area contributed by atoms with Gasteiger partial charge in [0.2, 0.25) is 0 Å². The molecule has 0 aromatic carbocycles. The Morgan fingerprint density at radius 3 is 2.50 bits per heavy atom. The molecule has 0 aromatic rings. The summed E-state index contributed by atoms with van der Waals surface area (Å²) >= 11 is 0. The lowest BCUT2D eigenvalue weighted by atomic mass is 10.6. The van der Waals surface area contributed by atoms with Crippen molar-refractivity contribution in [1.82, 2.24) is 5.32 Å². The summed E-state index contributed by atoms with van der Waals surface area (Å²) in [5, 5.41) is 2.08. The molecule has 0 fully saturated rings. The van der Waals surface area contributed by atoms with E-state index in [0.29, 0.717) is 0 Å². The van der Waals surface area contributed by atoms with Crippen molar-refractivity contribution in [2.75, 3.05) is 19.7 Å². The molecular weight excluding hydrogens is 175 g/mol. The molecule has 6 heteroatoms. The zero-order valence-electron chi connectivity index (χ0n) is 6.57. The van der Waals surface area contributed by atoms with E-state index in [1.807, 2.05) is 0 Å². The number of halogens is 3.